The first-order chi connectivity index (χ1) is 11.1. The van der Waals surface area contributed by atoms with Gasteiger partial charge in [-0.2, -0.15) is 0 Å². The number of para-hydroxylation sites is 1. The van der Waals surface area contributed by atoms with Crippen LogP contribution in [0.5, 0.6) is 0 Å². The van der Waals surface area contributed by atoms with Crippen LogP contribution in [0.4, 0.5) is 5.69 Å². The van der Waals surface area contributed by atoms with Crippen molar-refractivity contribution in [1.82, 2.24) is 5.32 Å². The first kappa shape index (κ1) is 15.2. The van der Waals surface area contributed by atoms with E-state index in [9.17, 15) is 4.79 Å². The van der Waals surface area contributed by atoms with Crippen molar-refractivity contribution in [1.29, 1.82) is 0 Å². The fourth-order valence-electron chi connectivity index (χ4n) is 5.74. The Morgan fingerprint density at radius 1 is 1.09 bits per heavy atom. The van der Waals surface area contributed by atoms with Crippen LogP contribution in [0.15, 0.2) is 30.3 Å². The molecule has 3 nitrogen and oxygen atoms in total. The molecule has 0 heterocycles. The molecule has 0 aliphatic heterocycles. The third-order valence-corrected chi connectivity index (χ3v) is 6.38. The quantitative estimate of drug-likeness (QED) is 0.868. The Kier molecular flexibility index (Phi) is 3.92. The second-order valence-corrected chi connectivity index (χ2v) is 8.38. The predicted molar refractivity (Wildman–Crippen MR) is 93.1 cm³/mol. The van der Waals surface area contributed by atoms with E-state index < -0.39 is 0 Å². The third-order valence-electron chi connectivity index (χ3n) is 6.38. The molecular formula is C20H28N2O. The lowest BCUT2D eigenvalue weighted by molar-refractivity contribution is -0.118. The second kappa shape index (κ2) is 5.94. The summed E-state index contributed by atoms with van der Waals surface area (Å²) in [5.74, 6) is 2.98. The van der Waals surface area contributed by atoms with Gasteiger partial charge in [0.2, 0.25) is 5.91 Å². The van der Waals surface area contributed by atoms with Crippen molar-refractivity contribution in [3.63, 3.8) is 0 Å². The van der Waals surface area contributed by atoms with Crippen LogP contribution in [0.2, 0.25) is 0 Å². The van der Waals surface area contributed by atoms with Gasteiger partial charge in [0.15, 0.2) is 0 Å². The van der Waals surface area contributed by atoms with Gasteiger partial charge in [-0.05, 0) is 80.8 Å². The van der Waals surface area contributed by atoms with Crippen LogP contribution in [0.3, 0.4) is 0 Å². The molecule has 0 saturated heterocycles. The van der Waals surface area contributed by atoms with Crippen LogP contribution in [0.1, 0.15) is 45.4 Å². The molecule has 124 valence electrons. The Morgan fingerprint density at radius 3 is 2.22 bits per heavy atom. The van der Waals surface area contributed by atoms with E-state index in [1.165, 1.54) is 38.5 Å². The highest BCUT2D eigenvalue weighted by molar-refractivity contribution is 5.94. The summed E-state index contributed by atoms with van der Waals surface area (Å²) in [5, 5.41) is 6.55. The summed E-state index contributed by atoms with van der Waals surface area (Å²) in [7, 11) is 0. The van der Waals surface area contributed by atoms with Crippen LogP contribution in [-0.4, -0.2) is 18.5 Å². The number of carbonyl (C=O) groups is 1. The Hall–Kier alpha value is -1.35. The van der Waals surface area contributed by atoms with Gasteiger partial charge in [-0.3, -0.25) is 4.79 Å². The molecule has 4 fully saturated rings. The van der Waals surface area contributed by atoms with E-state index in [0.717, 1.165) is 30.0 Å². The average molecular weight is 312 g/mol. The van der Waals surface area contributed by atoms with E-state index in [4.69, 9.17) is 0 Å². The molecule has 5 rings (SSSR count). The summed E-state index contributed by atoms with van der Waals surface area (Å²) in [6, 6.07) is 9.59. The number of hydrogen-bond donors (Lipinski definition) is 2. The monoisotopic (exact) mass is 312 g/mol. The molecule has 4 saturated carbocycles. The summed E-state index contributed by atoms with van der Waals surface area (Å²) in [6.07, 6.45) is 8.59. The van der Waals surface area contributed by atoms with Gasteiger partial charge in [-0.15, -0.1) is 0 Å². The lowest BCUT2D eigenvalue weighted by Gasteiger charge is -2.57. The van der Waals surface area contributed by atoms with E-state index in [-0.39, 0.29) is 11.9 Å². The first-order valence-electron chi connectivity index (χ1n) is 9.21. The van der Waals surface area contributed by atoms with E-state index in [1.54, 1.807) is 0 Å². The van der Waals surface area contributed by atoms with Gasteiger partial charge < -0.3 is 10.6 Å². The van der Waals surface area contributed by atoms with Crippen molar-refractivity contribution in [3.05, 3.63) is 30.3 Å². The lowest BCUT2D eigenvalue weighted by atomic mass is 9.49. The zero-order chi connectivity index (χ0) is 15.9. The number of amides is 1. The van der Waals surface area contributed by atoms with Gasteiger partial charge in [-0.1, -0.05) is 18.2 Å². The average Bonchev–Trinajstić information content (AvgIpc) is 2.52. The highest BCUT2D eigenvalue weighted by Crippen LogP contribution is 2.59. The molecule has 1 aromatic carbocycles. The normalized spacial score (nSPS) is 36.0. The molecule has 0 unspecified atom stereocenters. The van der Waals surface area contributed by atoms with Crippen LogP contribution in [0, 0.1) is 23.2 Å². The first-order valence-corrected chi connectivity index (χ1v) is 9.21. The Labute approximate surface area is 139 Å². The van der Waals surface area contributed by atoms with Crippen LogP contribution < -0.4 is 10.6 Å². The number of hydrogen-bond acceptors (Lipinski definition) is 2. The maximum absolute atomic E-state index is 12.4. The number of benzene rings is 1. The minimum Gasteiger partial charge on any atom is -0.325 e. The summed E-state index contributed by atoms with van der Waals surface area (Å²) >= 11 is 0. The standard InChI is InChI=1S/C20H28N2O/c1-14(19(23)22-18-5-3-2-4-6-18)21-13-20-10-15-7-16(11-20)9-17(8-15)12-20/h2-6,14-17,21H,7-13H2,1H3,(H,22,23)/t14-,15?,16?,17?,20?/m1/s1. The van der Waals surface area contributed by atoms with Gasteiger partial charge in [0.25, 0.3) is 0 Å². The molecule has 4 aliphatic rings. The minimum atomic E-state index is -0.136. The van der Waals surface area contributed by atoms with Crippen molar-refractivity contribution in [2.75, 3.05) is 11.9 Å². The Bertz CT molecular complexity index is 533. The van der Waals surface area contributed by atoms with Gasteiger partial charge >= 0.3 is 0 Å². The smallest absolute Gasteiger partial charge is 0.241 e. The fourth-order valence-corrected chi connectivity index (χ4v) is 5.74. The zero-order valence-corrected chi connectivity index (χ0v) is 14.1. The molecule has 0 spiro atoms. The van der Waals surface area contributed by atoms with Crippen molar-refractivity contribution >= 4 is 11.6 Å². The van der Waals surface area contributed by atoms with Crippen molar-refractivity contribution < 1.29 is 4.79 Å². The van der Waals surface area contributed by atoms with Crippen molar-refractivity contribution in [2.24, 2.45) is 23.2 Å². The van der Waals surface area contributed by atoms with E-state index in [0.29, 0.717) is 5.41 Å². The highest BCUT2D eigenvalue weighted by atomic mass is 16.2. The molecule has 0 aromatic heterocycles. The fraction of sp³-hybridized carbons (Fsp3) is 0.650. The third kappa shape index (κ3) is 3.16. The predicted octanol–water partition coefficient (Wildman–Crippen LogP) is 3.82. The number of anilines is 1. The van der Waals surface area contributed by atoms with E-state index in [2.05, 4.69) is 10.6 Å². The number of carbonyl (C=O) groups excluding carboxylic acids is 1. The SMILES string of the molecule is C[C@@H](NCC12CC3CC(CC(C3)C1)C2)C(=O)Nc1ccccc1. The largest absolute Gasteiger partial charge is 0.325 e. The van der Waals surface area contributed by atoms with Crippen LogP contribution in [0.25, 0.3) is 0 Å². The van der Waals surface area contributed by atoms with E-state index >= 15 is 0 Å². The van der Waals surface area contributed by atoms with Gasteiger partial charge in [0.05, 0.1) is 6.04 Å². The topological polar surface area (TPSA) is 41.1 Å². The molecule has 4 bridgehead atoms. The number of nitrogens with one attached hydrogen (secondary N) is 2. The van der Waals surface area contributed by atoms with Gasteiger partial charge in [0, 0.05) is 12.2 Å². The summed E-state index contributed by atoms with van der Waals surface area (Å²) in [6.45, 7) is 3.00. The molecule has 1 atom stereocenters. The summed E-state index contributed by atoms with van der Waals surface area (Å²) in [4.78, 5) is 12.4. The maximum Gasteiger partial charge on any atom is 0.241 e. The van der Waals surface area contributed by atoms with Crippen LogP contribution in [-0.2, 0) is 4.79 Å². The summed E-state index contributed by atoms with van der Waals surface area (Å²) in [5.41, 5.74) is 1.36. The highest BCUT2D eigenvalue weighted by Gasteiger charge is 2.50. The summed E-state index contributed by atoms with van der Waals surface area (Å²) < 4.78 is 0. The molecule has 1 amide bonds. The zero-order valence-electron chi connectivity index (χ0n) is 14.1. The Balaban J connectivity index is 1.33. The molecule has 2 N–H and O–H groups in total. The molecule has 1 aromatic rings. The number of rotatable bonds is 5. The maximum atomic E-state index is 12.4. The molecular weight excluding hydrogens is 284 g/mol. The van der Waals surface area contributed by atoms with E-state index in [1.807, 2.05) is 37.3 Å². The molecule has 0 radical (unpaired) electrons. The second-order valence-electron chi connectivity index (χ2n) is 8.38. The molecule has 23 heavy (non-hydrogen) atoms. The van der Waals surface area contributed by atoms with Crippen molar-refractivity contribution in [3.8, 4) is 0 Å². The lowest BCUT2D eigenvalue weighted by Crippen LogP contribution is -2.52. The van der Waals surface area contributed by atoms with Crippen LogP contribution >= 0.6 is 0 Å². The minimum absolute atomic E-state index is 0.0703. The van der Waals surface area contributed by atoms with Crippen molar-refractivity contribution in [2.45, 2.75) is 51.5 Å². The molecule has 4 aliphatic carbocycles. The van der Waals surface area contributed by atoms with Gasteiger partial charge in [0.1, 0.15) is 0 Å². The molecule has 3 heteroatoms. The Morgan fingerprint density at radius 2 is 1.65 bits per heavy atom. The van der Waals surface area contributed by atoms with Gasteiger partial charge in [-0.25, -0.2) is 0 Å².